The van der Waals surface area contributed by atoms with Gasteiger partial charge < -0.3 is 4.42 Å². The fourth-order valence-electron chi connectivity index (χ4n) is 1.89. The van der Waals surface area contributed by atoms with Gasteiger partial charge in [0, 0.05) is 13.0 Å². The molecule has 0 spiro atoms. The fourth-order valence-corrected chi connectivity index (χ4v) is 3.03. The van der Waals surface area contributed by atoms with Crippen LogP contribution in [-0.2, 0) is 0 Å². The first-order chi connectivity index (χ1) is 9.15. The lowest BCUT2D eigenvalue weighted by Gasteiger charge is -2.21. The van der Waals surface area contributed by atoms with Crippen molar-refractivity contribution in [2.75, 3.05) is 11.9 Å². The molecule has 1 amide bonds. The number of anilines is 1. The lowest BCUT2D eigenvalue weighted by Crippen LogP contribution is -2.26. The van der Waals surface area contributed by atoms with Crippen LogP contribution >= 0.6 is 27.3 Å². The van der Waals surface area contributed by atoms with E-state index in [2.05, 4.69) is 25.9 Å². The summed E-state index contributed by atoms with van der Waals surface area (Å²) < 4.78 is 6.28. The van der Waals surface area contributed by atoms with Crippen LogP contribution in [0, 0.1) is 0 Å². The number of rotatable bonds is 3. The number of nitrogens with zero attached hydrogens (tertiary/aromatic N) is 3. The molecule has 2 aromatic heterocycles. The molecule has 0 radical (unpaired) electrons. The van der Waals surface area contributed by atoms with Crippen molar-refractivity contribution in [2.45, 2.75) is 25.2 Å². The molecule has 0 saturated heterocycles. The van der Waals surface area contributed by atoms with Crippen molar-refractivity contribution >= 4 is 38.3 Å². The van der Waals surface area contributed by atoms with Gasteiger partial charge in [0.15, 0.2) is 16.7 Å². The van der Waals surface area contributed by atoms with Crippen LogP contribution in [0.3, 0.4) is 0 Å². The topological polar surface area (TPSA) is 59.2 Å². The Morgan fingerprint density at radius 2 is 2.37 bits per heavy atom. The second-order valence-corrected chi connectivity index (χ2v) is 6.90. The molecule has 100 valence electrons. The van der Waals surface area contributed by atoms with E-state index in [1.54, 1.807) is 13.2 Å². The molecule has 1 saturated carbocycles. The van der Waals surface area contributed by atoms with E-state index < -0.39 is 0 Å². The highest BCUT2D eigenvalue weighted by molar-refractivity contribution is 9.11. The van der Waals surface area contributed by atoms with Gasteiger partial charge in [0.25, 0.3) is 5.91 Å². The maximum absolute atomic E-state index is 12.3. The zero-order valence-corrected chi connectivity index (χ0v) is 12.7. The summed E-state index contributed by atoms with van der Waals surface area (Å²) in [6.45, 7) is 0. The predicted octanol–water partition coefficient (Wildman–Crippen LogP) is 3.44. The van der Waals surface area contributed by atoms with Crippen LogP contribution in [0.5, 0.6) is 0 Å². The number of carbonyl (C=O) groups excluding carboxylic acids is 1. The zero-order chi connectivity index (χ0) is 13.4. The number of oxazole rings is 1. The summed E-state index contributed by atoms with van der Waals surface area (Å²) in [7, 11) is 1.69. The summed E-state index contributed by atoms with van der Waals surface area (Å²) in [4.78, 5) is 22.2. The molecular weight excluding hydrogens is 330 g/mol. The number of halogens is 1. The molecule has 3 rings (SSSR count). The lowest BCUT2D eigenvalue weighted by molar-refractivity contribution is 0.0988. The van der Waals surface area contributed by atoms with E-state index in [9.17, 15) is 4.79 Å². The predicted molar refractivity (Wildman–Crippen MR) is 75.6 cm³/mol. The molecule has 0 unspecified atom stereocenters. The van der Waals surface area contributed by atoms with E-state index in [1.165, 1.54) is 28.9 Å². The van der Waals surface area contributed by atoms with Crippen LogP contribution in [0.15, 0.2) is 20.7 Å². The van der Waals surface area contributed by atoms with Gasteiger partial charge in [-0.2, -0.15) is 0 Å². The highest BCUT2D eigenvalue weighted by atomic mass is 79.9. The Morgan fingerprint density at radius 1 is 1.58 bits per heavy atom. The van der Waals surface area contributed by atoms with Gasteiger partial charge >= 0.3 is 0 Å². The van der Waals surface area contributed by atoms with E-state index in [4.69, 9.17) is 4.42 Å². The Bertz CT molecular complexity index is 606. The highest BCUT2D eigenvalue weighted by Gasteiger charge is 2.27. The number of amides is 1. The van der Waals surface area contributed by atoms with Crippen LogP contribution in [0.4, 0.5) is 5.13 Å². The molecule has 0 N–H and O–H groups in total. The minimum atomic E-state index is -0.198. The standard InChI is InChI=1S/C12H12BrN3O2S/c1-16(12-14-5-9(13)19-12)11(17)8-6-18-10(15-8)7-3-2-4-7/h5-7H,2-4H2,1H3. The van der Waals surface area contributed by atoms with Gasteiger partial charge in [-0.25, -0.2) is 9.97 Å². The first-order valence-electron chi connectivity index (χ1n) is 6.00. The summed E-state index contributed by atoms with van der Waals surface area (Å²) in [5.41, 5.74) is 0.343. The second kappa shape index (κ2) is 5.05. The van der Waals surface area contributed by atoms with Gasteiger partial charge in [0.1, 0.15) is 6.26 Å². The van der Waals surface area contributed by atoms with E-state index in [0.29, 0.717) is 22.6 Å². The monoisotopic (exact) mass is 341 g/mol. The minimum Gasteiger partial charge on any atom is -0.448 e. The van der Waals surface area contributed by atoms with Gasteiger partial charge in [0.2, 0.25) is 0 Å². The smallest absolute Gasteiger partial charge is 0.281 e. The van der Waals surface area contributed by atoms with Gasteiger partial charge in [0.05, 0.1) is 9.98 Å². The summed E-state index contributed by atoms with van der Waals surface area (Å²) >= 11 is 4.73. The van der Waals surface area contributed by atoms with Crippen LogP contribution in [0.1, 0.15) is 41.6 Å². The van der Waals surface area contributed by atoms with Crippen LogP contribution in [0.25, 0.3) is 0 Å². The first kappa shape index (κ1) is 12.8. The molecule has 7 heteroatoms. The van der Waals surface area contributed by atoms with Crippen molar-refractivity contribution < 1.29 is 9.21 Å². The third-order valence-electron chi connectivity index (χ3n) is 3.25. The van der Waals surface area contributed by atoms with Crippen LogP contribution in [-0.4, -0.2) is 22.9 Å². The quantitative estimate of drug-likeness (QED) is 0.857. The average Bonchev–Trinajstić information content (AvgIpc) is 2.94. The molecule has 1 aliphatic rings. The van der Waals surface area contributed by atoms with Crippen molar-refractivity contribution in [3.63, 3.8) is 0 Å². The largest absolute Gasteiger partial charge is 0.448 e. The Hall–Kier alpha value is -1.21. The first-order valence-corrected chi connectivity index (χ1v) is 7.61. The zero-order valence-electron chi connectivity index (χ0n) is 10.3. The summed E-state index contributed by atoms with van der Waals surface area (Å²) in [5.74, 6) is 0.875. The van der Waals surface area contributed by atoms with Gasteiger partial charge in [-0.3, -0.25) is 9.69 Å². The van der Waals surface area contributed by atoms with Crippen LogP contribution < -0.4 is 4.90 Å². The van der Waals surface area contributed by atoms with Gasteiger partial charge in [-0.15, -0.1) is 0 Å². The molecule has 5 nitrogen and oxygen atoms in total. The number of carbonyl (C=O) groups is 1. The second-order valence-electron chi connectivity index (χ2n) is 4.51. The molecule has 0 bridgehead atoms. The van der Waals surface area contributed by atoms with Crippen molar-refractivity contribution in [1.82, 2.24) is 9.97 Å². The minimum absolute atomic E-state index is 0.198. The molecule has 0 aliphatic heterocycles. The maximum Gasteiger partial charge on any atom is 0.281 e. The summed E-state index contributed by atoms with van der Waals surface area (Å²) in [5, 5.41) is 0.630. The number of aromatic nitrogens is 2. The van der Waals surface area contributed by atoms with Gasteiger partial charge in [-0.05, 0) is 28.8 Å². The molecule has 0 atom stereocenters. The third kappa shape index (κ3) is 2.44. The average molecular weight is 342 g/mol. The van der Waals surface area contributed by atoms with E-state index >= 15 is 0 Å². The Balaban J connectivity index is 1.77. The number of hydrogen-bond acceptors (Lipinski definition) is 5. The molecule has 1 aliphatic carbocycles. The Labute approximate surface area is 122 Å². The molecule has 19 heavy (non-hydrogen) atoms. The fraction of sp³-hybridized carbons (Fsp3) is 0.417. The third-order valence-corrected chi connectivity index (χ3v) is 4.80. The SMILES string of the molecule is CN(C(=O)c1coc(C2CCC2)n1)c1ncc(Br)s1. The Morgan fingerprint density at radius 3 is 2.95 bits per heavy atom. The van der Waals surface area contributed by atoms with Gasteiger partial charge in [-0.1, -0.05) is 17.8 Å². The van der Waals surface area contributed by atoms with Crippen molar-refractivity contribution in [3.8, 4) is 0 Å². The lowest BCUT2D eigenvalue weighted by atomic mass is 9.85. The van der Waals surface area contributed by atoms with Crippen molar-refractivity contribution in [1.29, 1.82) is 0 Å². The van der Waals surface area contributed by atoms with E-state index in [1.807, 2.05) is 0 Å². The van der Waals surface area contributed by atoms with E-state index in [0.717, 1.165) is 16.6 Å². The van der Waals surface area contributed by atoms with E-state index in [-0.39, 0.29) is 5.91 Å². The molecule has 1 fully saturated rings. The Kier molecular flexibility index (Phi) is 3.40. The normalized spacial score (nSPS) is 15.3. The molecular formula is C12H12BrN3O2S. The molecule has 0 aromatic carbocycles. The van der Waals surface area contributed by atoms with Crippen molar-refractivity contribution in [3.05, 3.63) is 27.8 Å². The number of thiazole rings is 1. The summed E-state index contributed by atoms with van der Waals surface area (Å²) in [6.07, 6.45) is 6.53. The maximum atomic E-state index is 12.3. The van der Waals surface area contributed by atoms with Crippen molar-refractivity contribution in [2.24, 2.45) is 0 Å². The molecule has 2 heterocycles. The van der Waals surface area contributed by atoms with Crippen LogP contribution in [0.2, 0.25) is 0 Å². The highest BCUT2D eigenvalue weighted by Crippen LogP contribution is 2.35. The summed E-state index contributed by atoms with van der Waals surface area (Å²) in [6, 6.07) is 0. The number of hydrogen-bond donors (Lipinski definition) is 0. The molecule has 2 aromatic rings.